The van der Waals surface area contributed by atoms with Crippen molar-refractivity contribution < 1.29 is 4.74 Å². The van der Waals surface area contributed by atoms with Gasteiger partial charge in [0, 0.05) is 12.6 Å². The molecule has 72 valence electrons. The van der Waals surface area contributed by atoms with E-state index >= 15 is 0 Å². The zero-order valence-corrected chi connectivity index (χ0v) is 8.31. The van der Waals surface area contributed by atoms with Crippen LogP contribution in [-0.2, 0) is 4.74 Å². The summed E-state index contributed by atoms with van der Waals surface area (Å²) >= 11 is 0. The number of ether oxygens (including phenoxy) is 1. The normalized spacial score (nSPS) is 10.6. The number of hydrogen-bond donors (Lipinski definition) is 1. The highest BCUT2D eigenvalue weighted by molar-refractivity contribution is 4.63. The van der Waals surface area contributed by atoms with Crippen LogP contribution in [-0.4, -0.2) is 25.8 Å². The van der Waals surface area contributed by atoms with Gasteiger partial charge in [-0.1, -0.05) is 19.9 Å². The second kappa shape index (κ2) is 8.75. The van der Waals surface area contributed by atoms with E-state index in [1.165, 1.54) is 6.42 Å². The van der Waals surface area contributed by atoms with Crippen LogP contribution >= 0.6 is 0 Å². The standard InChI is InChI=1S/C10H21NO/c1-4-8-12-9-6-5-7-11-10(2)3/h4,10-11H,1,5-9H2,2-3H3. The van der Waals surface area contributed by atoms with Gasteiger partial charge in [-0.3, -0.25) is 0 Å². The maximum Gasteiger partial charge on any atom is 0.0644 e. The van der Waals surface area contributed by atoms with Crippen LogP contribution < -0.4 is 5.32 Å². The predicted molar refractivity (Wildman–Crippen MR) is 53.4 cm³/mol. The molecule has 0 fully saturated rings. The van der Waals surface area contributed by atoms with Crippen molar-refractivity contribution in [3.05, 3.63) is 12.7 Å². The van der Waals surface area contributed by atoms with Crippen molar-refractivity contribution in [2.45, 2.75) is 32.7 Å². The van der Waals surface area contributed by atoms with E-state index in [4.69, 9.17) is 4.74 Å². The highest BCUT2D eigenvalue weighted by Gasteiger charge is 1.91. The summed E-state index contributed by atoms with van der Waals surface area (Å²) in [5.74, 6) is 0. The molecular weight excluding hydrogens is 150 g/mol. The Morgan fingerprint density at radius 2 is 2.17 bits per heavy atom. The van der Waals surface area contributed by atoms with E-state index in [0.29, 0.717) is 12.6 Å². The van der Waals surface area contributed by atoms with E-state index in [1.54, 1.807) is 6.08 Å². The number of hydrogen-bond acceptors (Lipinski definition) is 2. The molecule has 2 heteroatoms. The van der Waals surface area contributed by atoms with E-state index in [2.05, 4.69) is 25.7 Å². The fourth-order valence-corrected chi connectivity index (χ4v) is 0.887. The number of unbranched alkanes of at least 4 members (excludes halogenated alkanes) is 1. The fraction of sp³-hybridized carbons (Fsp3) is 0.800. The largest absolute Gasteiger partial charge is 0.377 e. The van der Waals surface area contributed by atoms with Gasteiger partial charge in [-0.05, 0) is 19.4 Å². The van der Waals surface area contributed by atoms with E-state index in [1.807, 2.05) is 0 Å². The first-order valence-electron chi connectivity index (χ1n) is 4.69. The van der Waals surface area contributed by atoms with Gasteiger partial charge in [-0.15, -0.1) is 6.58 Å². The van der Waals surface area contributed by atoms with Crippen LogP contribution in [0.3, 0.4) is 0 Å². The molecule has 0 saturated heterocycles. The monoisotopic (exact) mass is 171 g/mol. The topological polar surface area (TPSA) is 21.3 Å². The number of nitrogens with one attached hydrogen (secondary N) is 1. The summed E-state index contributed by atoms with van der Waals surface area (Å²) in [7, 11) is 0. The molecule has 1 N–H and O–H groups in total. The Bertz CT molecular complexity index is 102. The average molecular weight is 171 g/mol. The van der Waals surface area contributed by atoms with Gasteiger partial charge in [0.25, 0.3) is 0 Å². The van der Waals surface area contributed by atoms with Gasteiger partial charge in [0.05, 0.1) is 6.61 Å². The molecule has 0 aliphatic rings. The summed E-state index contributed by atoms with van der Waals surface area (Å²) in [4.78, 5) is 0. The van der Waals surface area contributed by atoms with Gasteiger partial charge in [0.15, 0.2) is 0 Å². The summed E-state index contributed by atoms with van der Waals surface area (Å²) in [6, 6.07) is 0.596. The van der Waals surface area contributed by atoms with Crippen molar-refractivity contribution >= 4 is 0 Å². The lowest BCUT2D eigenvalue weighted by molar-refractivity contribution is 0.157. The Kier molecular flexibility index (Phi) is 8.51. The minimum Gasteiger partial charge on any atom is -0.377 e. The van der Waals surface area contributed by atoms with Crippen LogP contribution in [0.2, 0.25) is 0 Å². The Balaban J connectivity index is 2.86. The molecule has 0 spiro atoms. The summed E-state index contributed by atoms with van der Waals surface area (Å²) < 4.78 is 5.24. The van der Waals surface area contributed by atoms with Crippen LogP contribution in [0.1, 0.15) is 26.7 Å². The minimum absolute atomic E-state index is 0.596. The molecular formula is C10H21NO. The highest BCUT2D eigenvalue weighted by atomic mass is 16.5. The summed E-state index contributed by atoms with van der Waals surface area (Å²) in [6.45, 7) is 10.5. The van der Waals surface area contributed by atoms with Gasteiger partial charge in [-0.2, -0.15) is 0 Å². The molecule has 0 unspecified atom stereocenters. The quantitative estimate of drug-likeness (QED) is 0.445. The third-order valence-corrected chi connectivity index (χ3v) is 1.50. The molecule has 0 aliphatic carbocycles. The first-order valence-corrected chi connectivity index (χ1v) is 4.69. The molecule has 0 amide bonds. The second-order valence-electron chi connectivity index (χ2n) is 3.18. The van der Waals surface area contributed by atoms with Crippen molar-refractivity contribution in [2.75, 3.05) is 19.8 Å². The molecule has 0 bridgehead atoms. The second-order valence-corrected chi connectivity index (χ2v) is 3.18. The molecule has 12 heavy (non-hydrogen) atoms. The predicted octanol–water partition coefficient (Wildman–Crippen LogP) is 1.97. The third kappa shape index (κ3) is 9.66. The van der Waals surface area contributed by atoms with Crippen molar-refractivity contribution in [2.24, 2.45) is 0 Å². The molecule has 0 atom stereocenters. The fourth-order valence-electron chi connectivity index (χ4n) is 0.887. The van der Waals surface area contributed by atoms with Crippen molar-refractivity contribution in [1.29, 1.82) is 0 Å². The maximum atomic E-state index is 5.24. The van der Waals surface area contributed by atoms with Crippen LogP contribution in [0.5, 0.6) is 0 Å². The SMILES string of the molecule is C=CCOCCCCNC(C)C. The van der Waals surface area contributed by atoms with E-state index < -0.39 is 0 Å². The molecule has 0 aliphatic heterocycles. The molecule has 0 aromatic rings. The van der Waals surface area contributed by atoms with Gasteiger partial charge in [-0.25, -0.2) is 0 Å². The van der Waals surface area contributed by atoms with Crippen LogP contribution in [0.25, 0.3) is 0 Å². The number of rotatable bonds is 8. The van der Waals surface area contributed by atoms with Gasteiger partial charge < -0.3 is 10.1 Å². The molecule has 0 heterocycles. The zero-order chi connectivity index (χ0) is 9.23. The zero-order valence-electron chi connectivity index (χ0n) is 8.31. The molecule has 2 nitrogen and oxygen atoms in total. The van der Waals surface area contributed by atoms with Gasteiger partial charge in [0.2, 0.25) is 0 Å². The third-order valence-electron chi connectivity index (χ3n) is 1.50. The van der Waals surface area contributed by atoms with Crippen molar-refractivity contribution in [3.63, 3.8) is 0 Å². The van der Waals surface area contributed by atoms with Crippen LogP contribution in [0.15, 0.2) is 12.7 Å². The van der Waals surface area contributed by atoms with Crippen molar-refractivity contribution in [1.82, 2.24) is 5.32 Å². The molecule has 0 aromatic heterocycles. The lowest BCUT2D eigenvalue weighted by atomic mass is 10.3. The highest BCUT2D eigenvalue weighted by Crippen LogP contribution is 1.89. The Morgan fingerprint density at radius 1 is 1.42 bits per heavy atom. The lowest BCUT2D eigenvalue weighted by Crippen LogP contribution is -2.23. The van der Waals surface area contributed by atoms with Crippen LogP contribution in [0.4, 0.5) is 0 Å². The lowest BCUT2D eigenvalue weighted by Gasteiger charge is -2.07. The summed E-state index contributed by atoms with van der Waals surface area (Å²) in [6.07, 6.45) is 4.11. The molecule has 0 radical (unpaired) electrons. The molecule has 0 rings (SSSR count). The minimum atomic E-state index is 0.596. The van der Waals surface area contributed by atoms with E-state index in [9.17, 15) is 0 Å². The molecule has 0 saturated carbocycles. The first-order chi connectivity index (χ1) is 5.77. The molecule has 0 aromatic carbocycles. The van der Waals surface area contributed by atoms with Crippen LogP contribution in [0, 0.1) is 0 Å². The van der Waals surface area contributed by atoms with E-state index in [0.717, 1.165) is 19.6 Å². The maximum absolute atomic E-state index is 5.24. The Morgan fingerprint density at radius 3 is 2.75 bits per heavy atom. The smallest absolute Gasteiger partial charge is 0.0644 e. The summed E-state index contributed by atoms with van der Waals surface area (Å²) in [5, 5.41) is 3.36. The Hall–Kier alpha value is -0.340. The van der Waals surface area contributed by atoms with Gasteiger partial charge in [0.1, 0.15) is 0 Å². The average Bonchev–Trinajstić information content (AvgIpc) is 2.02. The van der Waals surface area contributed by atoms with Gasteiger partial charge >= 0.3 is 0 Å². The Labute approximate surface area is 76.0 Å². The van der Waals surface area contributed by atoms with Crippen molar-refractivity contribution in [3.8, 4) is 0 Å². The van der Waals surface area contributed by atoms with E-state index in [-0.39, 0.29) is 0 Å². The first kappa shape index (κ1) is 11.7. The summed E-state index contributed by atoms with van der Waals surface area (Å²) in [5.41, 5.74) is 0.